The molecule has 0 aliphatic heterocycles. The van der Waals surface area contributed by atoms with Crippen LogP contribution in [0, 0.1) is 0 Å². The van der Waals surface area contributed by atoms with E-state index in [0.717, 1.165) is 29.2 Å². The maximum absolute atomic E-state index is 13.0. The van der Waals surface area contributed by atoms with E-state index in [4.69, 9.17) is 14.2 Å². The number of carbonyl (C=O) groups excluding carboxylic acids is 2. The van der Waals surface area contributed by atoms with Crippen molar-refractivity contribution in [1.82, 2.24) is 0 Å². The van der Waals surface area contributed by atoms with Crippen molar-refractivity contribution in [3.63, 3.8) is 0 Å². The van der Waals surface area contributed by atoms with Crippen LogP contribution in [0.1, 0.15) is 43.5 Å². The lowest BCUT2D eigenvalue weighted by atomic mass is 10.1. The van der Waals surface area contributed by atoms with Gasteiger partial charge in [-0.25, -0.2) is 0 Å². The van der Waals surface area contributed by atoms with E-state index in [0.29, 0.717) is 35.8 Å². The standard InChI is InChI=1S/C29H34N2O5S/c1-5-7-18-36-22-16-14-20(15-17-22)30-28(32)26(6-2)37-23-11-8-10-21(19-23)31-29(33)27-24(34-3)12-9-13-25(27)35-4/h8-17,19,26H,5-7,18H2,1-4H3,(H,30,32)(H,31,33). The summed E-state index contributed by atoms with van der Waals surface area (Å²) in [7, 11) is 3.02. The van der Waals surface area contributed by atoms with Gasteiger partial charge in [0.05, 0.1) is 26.1 Å². The van der Waals surface area contributed by atoms with Gasteiger partial charge < -0.3 is 24.8 Å². The van der Waals surface area contributed by atoms with Crippen LogP contribution in [0.15, 0.2) is 71.6 Å². The van der Waals surface area contributed by atoms with Gasteiger partial charge in [-0.15, -0.1) is 11.8 Å². The summed E-state index contributed by atoms with van der Waals surface area (Å²) in [6, 6.07) is 20.0. The molecule has 1 atom stereocenters. The molecule has 1 unspecified atom stereocenters. The molecule has 2 amide bonds. The van der Waals surface area contributed by atoms with Crippen LogP contribution < -0.4 is 24.8 Å². The topological polar surface area (TPSA) is 85.9 Å². The monoisotopic (exact) mass is 522 g/mol. The number of hydrogen-bond donors (Lipinski definition) is 2. The summed E-state index contributed by atoms with van der Waals surface area (Å²) in [6.45, 7) is 4.78. The number of anilines is 2. The van der Waals surface area contributed by atoms with E-state index in [1.807, 2.05) is 49.4 Å². The second-order valence-corrected chi connectivity index (χ2v) is 9.53. The van der Waals surface area contributed by atoms with Crippen molar-refractivity contribution in [2.75, 3.05) is 31.5 Å². The van der Waals surface area contributed by atoms with Crippen LogP contribution in [0.4, 0.5) is 11.4 Å². The predicted octanol–water partition coefficient (Wildman–Crippen LogP) is 6.64. The third-order valence-corrected chi connectivity index (χ3v) is 6.93. The average molecular weight is 523 g/mol. The molecule has 0 saturated carbocycles. The largest absolute Gasteiger partial charge is 0.496 e. The normalized spacial score (nSPS) is 11.4. The van der Waals surface area contributed by atoms with Crippen molar-refractivity contribution in [3.05, 3.63) is 72.3 Å². The Labute approximate surface area is 222 Å². The molecule has 0 bridgehead atoms. The lowest BCUT2D eigenvalue weighted by molar-refractivity contribution is -0.115. The van der Waals surface area contributed by atoms with E-state index < -0.39 is 0 Å². The third-order valence-electron chi connectivity index (χ3n) is 5.58. The number of rotatable bonds is 13. The number of thioether (sulfide) groups is 1. The van der Waals surface area contributed by atoms with Gasteiger partial charge in [0.25, 0.3) is 5.91 Å². The van der Waals surface area contributed by atoms with Crippen molar-refractivity contribution in [1.29, 1.82) is 0 Å². The van der Waals surface area contributed by atoms with Gasteiger partial charge in [0.1, 0.15) is 22.8 Å². The SMILES string of the molecule is CCCCOc1ccc(NC(=O)C(CC)Sc2cccc(NC(=O)c3c(OC)cccc3OC)c2)cc1. The van der Waals surface area contributed by atoms with Gasteiger partial charge in [-0.3, -0.25) is 9.59 Å². The predicted molar refractivity (Wildman–Crippen MR) is 149 cm³/mol. The Hall–Kier alpha value is -3.65. The van der Waals surface area contributed by atoms with Crippen molar-refractivity contribution in [2.24, 2.45) is 0 Å². The fourth-order valence-electron chi connectivity index (χ4n) is 3.59. The molecule has 0 heterocycles. The minimum Gasteiger partial charge on any atom is -0.496 e. The Morgan fingerprint density at radius 1 is 0.865 bits per heavy atom. The first kappa shape index (κ1) is 27.9. The number of amides is 2. The molecule has 2 N–H and O–H groups in total. The van der Waals surface area contributed by atoms with Crippen molar-refractivity contribution in [3.8, 4) is 17.2 Å². The highest BCUT2D eigenvalue weighted by molar-refractivity contribution is 8.00. The Kier molecular flexibility index (Phi) is 10.7. The zero-order chi connectivity index (χ0) is 26.6. The van der Waals surface area contributed by atoms with Crippen LogP contribution in [-0.4, -0.2) is 37.9 Å². The van der Waals surface area contributed by atoms with E-state index >= 15 is 0 Å². The third kappa shape index (κ3) is 7.92. The first-order valence-electron chi connectivity index (χ1n) is 12.3. The molecule has 0 aliphatic carbocycles. The first-order chi connectivity index (χ1) is 18.0. The minimum absolute atomic E-state index is 0.0830. The molecule has 0 aromatic heterocycles. The number of benzene rings is 3. The molecular formula is C29H34N2O5S. The molecule has 0 fully saturated rings. The van der Waals surface area contributed by atoms with Gasteiger partial charge in [-0.05, 0) is 67.4 Å². The number of nitrogens with one attached hydrogen (secondary N) is 2. The highest BCUT2D eigenvalue weighted by Crippen LogP contribution is 2.31. The van der Waals surface area contributed by atoms with Crippen LogP contribution in [0.25, 0.3) is 0 Å². The van der Waals surface area contributed by atoms with Crippen LogP contribution >= 0.6 is 11.8 Å². The Morgan fingerprint density at radius 2 is 1.54 bits per heavy atom. The molecule has 196 valence electrons. The van der Waals surface area contributed by atoms with Gasteiger partial charge in [0.2, 0.25) is 5.91 Å². The number of carbonyl (C=O) groups is 2. The number of methoxy groups -OCH3 is 2. The lowest BCUT2D eigenvalue weighted by Crippen LogP contribution is -2.24. The second kappa shape index (κ2) is 14.2. The van der Waals surface area contributed by atoms with Crippen LogP contribution in [0.5, 0.6) is 17.2 Å². The van der Waals surface area contributed by atoms with Crippen LogP contribution in [0.2, 0.25) is 0 Å². The highest BCUT2D eigenvalue weighted by atomic mass is 32.2. The Bertz CT molecular complexity index is 1160. The van der Waals surface area contributed by atoms with Gasteiger partial charge in [-0.1, -0.05) is 32.4 Å². The van der Waals surface area contributed by atoms with Crippen LogP contribution in [-0.2, 0) is 4.79 Å². The molecule has 3 aromatic carbocycles. The first-order valence-corrected chi connectivity index (χ1v) is 13.2. The summed E-state index contributed by atoms with van der Waals surface area (Å²) in [6.07, 6.45) is 2.73. The summed E-state index contributed by atoms with van der Waals surface area (Å²) >= 11 is 1.45. The van der Waals surface area contributed by atoms with Gasteiger partial charge >= 0.3 is 0 Å². The summed E-state index contributed by atoms with van der Waals surface area (Å²) < 4.78 is 16.4. The maximum Gasteiger partial charge on any atom is 0.263 e. The molecule has 0 radical (unpaired) electrons. The molecule has 7 nitrogen and oxygen atoms in total. The molecular weight excluding hydrogens is 488 g/mol. The van der Waals surface area contributed by atoms with Crippen LogP contribution in [0.3, 0.4) is 0 Å². The zero-order valence-electron chi connectivity index (χ0n) is 21.7. The molecule has 3 rings (SSSR count). The summed E-state index contributed by atoms with van der Waals surface area (Å²) in [5.74, 6) is 1.21. The van der Waals surface area contributed by atoms with Crippen molar-refractivity contribution < 1.29 is 23.8 Å². The average Bonchev–Trinajstić information content (AvgIpc) is 2.92. The molecule has 3 aromatic rings. The van der Waals surface area contributed by atoms with E-state index in [2.05, 4.69) is 17.6 Å². The smallest absolute Gasteiger partial charge is 0.263 e. The maximum atomic E-state index is 13.0. The summed E-state index contributed by atoms with van der Waals surface area (Å²) in [5.41, 5.74) is 1.65. The zero-order valence-corrected chi connectivity index (χ0v) is 22.5. The second-order valence-electron chi connectivity index (χ2n) is 8.25. The van der Waals surface area contributed by atoms with E-state index in [1.54, 1.807) is 24.3 Å². The molecule has 8 heteroatoms. The molecule has 0 aliphatic rings. The number of hydrogen-bond acceptors (Lipinski definition) is 6. The van der Waals surface area contributed by atoms with Gasteiger partial charge in [0.15, 0.2) is 0 Å². The summed E-state index contributed by atoms with van der Waals surface area (Å²) in [4.78, 5) is 26.9. The number of unbranched alkanes of at least 4 members (excludes halogenated alkanes) is 1. The Morgan fingerprint density at radius 3 is 2.16 bits per heavy atom. The fraction of sp³-hybridized carbons (Fsp3) is 0.310. The van der Waals surface area contributed by atoms with E-state index in [9.17, 15) is 9.59 Å². The fourth-order valence-corrected chi connectivity index (χ4v) is 4.61. The van der Waals surface area contributed by atoms with E-state index in [1.165, 1.54) is 26.0 Å². The van der Waals surface area contributed by atoms with E-state index in [-0.39, 0.29) is 17.1 Å². The molecule has 0 saturated heterocycles. The molecule has 0 spiro atoms. The summed E-state index contributed by atoms with van der Waals surface area (Å²) in [5, 5.41) is 5.59. The Balaban J connectivity index is 1.64. The lowest BCUT2D eigenvalue weighted by Gasteiger charge is -2.16. The van der Waals surface area contributed by atoms with Gasteiger partial charge in [0, 0.05) is 16.3 Å². The number of ether oxygens (including phenoxy) is 3. The molecule has 37 heavy (non-hydrogen) atoms. The van der Waals surface area contributed by atoms with Gasteiger partial charge in [-0.2, -0.15) is 0 Å². The van der Waals surface area contributed by atoms with Crippen molar-refractivity contribution >= 4 is 35.0 Å². The van der Waals surface area contributed by atoms with Crippen molar-refractivity contribution in [2.45, 2.75) is 43.3 Å². The highest BCUT2D eigenvalue weighted by Gasteiger charge is 2.20. The quantitative estimate of drug-likeness (QED) is 0.193. The minimum atomic E-state index is -0.344.